The highest BCUT2D eigenvalue weighted by atomic mass is 16.6. The van der Waals surface area contributed by atoms with Crippen LogP contribution in [0, 0.1) is 10.1 Å². The van der Waals surface area contributed by atoms with E-state index in [9.17, 15) is 14.9 Å². The second kappa shape index (κ2) is 8.21. The monoisotopic (exact) mass is 295 g/mol. The summed E-state index contributed by atoms with van der Waals surface area (Å²) in [6.45, 7) is 8.42. The van der Waals surface area contributed by atoms with Crippen LogP contribution in [0.3, 0.4) is 0 Å². The number of likely N-dealkylation sites (N-methyl/N-ethyl adjacent to an activating group) is 1. The number of nitrogens with zero attached hydrogens (tertiary/aromatic N) is 2. The number of ether oxygens (including phenoxy) is 1. The van der Waals surface area contributed by atoms with Gasteiger partial charge in [0.05, 0.1) is 16.7 Å². The molecule has 1 aromatic carbocycles. The van der Waals surface area contributed by atoms with Crippen LogP contribution in [0.25, 0.3) is 0 Å². The lowest BCUT2D eigenvalue weighted by molar-refractivity contribution is -0.384. The quantitative estimate of drug-likeness (QED) is 0.587. The summed E-state index contributed by atoms with van der Waals surface area (Å²) in [5.41, 5.74) is 0.370. The molecule has 1 aromatic rings. The lowest BCUT2D eigenvalue weighted by atomic mass is 10.2. The molecule has 0 aromatic heterocycles. The molecule has 1 amide bonds. The van der Waals surface area contributed by atoms with Crippen LogP contribution in [0.1, 0.15) is 20.8 Å². The van der Waals surface area contributed by atoms with Crippen molar-refractivity contribution in [3.63, 3.8) is 0 Å². The third-order valence-corrected chi connectivity index (χ3v) is 3.05. The molecule has 116 valence electrons. The van der Waals surface area contributed by atoms with Gasteiger partial charge >= 0.3 is 0 Å². The van der Waals surface area contributed by atoms with Crippen molar-refractivity contribution >= 4 is 17.3 Å². The van der Waals surface area contributed by atoms with Gasteiger partial charge in [-0.3, -0.25) is 14.9 Å². The average Bonchev–Trinajstić information content (AvgIpc) is 2.44. The number of benzene rings is 1. The Labute approximate surface area is 124 Å². The van der Waals surface area contributed by atoms with E-state index in [2.05, 4.69) is 24.1 Å². The van der Waals surface area contributed by atoms with Crippen molar-refractivity contribution in [3.05, 3.63) is 28.3 Å². The van der Waals surface area contributed by atoms with E-state index in [-0.39, 0.29) is 11.6 Å². The van der Waals surface area contributed by atoms with Gasteiger partial charge in [-0.05, 0) is 19.2 Å². The molecule has 0 spiro atoms. The highest BCUT2D eigenvalue weighted by Crippen LogP contribution is 2.29. The normalized spacial score (nSPS) is 10.5. The number of anilines is 1. The van der Waals surface area contributed by atoms with Crippen LogP contribution in [0.4, 0.5) is 11.4 Å². The molecule has 0 heterocycles. The summed E-state index contributed by atoms with van der Waals surface area (Å²) in [7, 11) is 0. The number of nitrogens with one attached hydrogen (secondary N) is 1. The van der Waals surface area contributed by atoms with E-state index in [1.54, 1.807) is 0 Å². The van der Waals surface area contributed by atoms with Gasteiger partial charge in [-0.25, -0.2) is 0 Å². The molecule has 21 heavy (non-hydrogen) atoms. The molecule has 0 unspecified atom stereocenters. The van der Waals surface area contributed by atoms with Gasteiger partial charge in [-0.1, -0.05) is 13.8 Å². The van der Waals surface area contributed by atoms with Crippen LogP contribution in [-0.2, 0) is 4.79 Å². The van der Waals surface area contributed by atoms with Crippen LogP contribution < -0.4 is 10.1 Å². The SMILES string of the molecule is CCN(CC)CCOc1cc([N+](=O)[O-])ccc1NC(C)=O. The fourth-order valence-electron chi connectivity index (χ4n) is 1.86. The number of carbonyl (C=O) groups excluding carboxylic acids is 1. The van der Waals surface area contributed by atoms with Crippen molar-refractivity contribution in [1.29, 1.82) is 0 Å². The molecule has 0 fully saturated rings. The smallest absolute Gasteiger partial charge is 0.273 e. The van der Waals surface area contributed by atoms with E-state index in [1.807, 2.05) is 0 Å². The van der Waals surface area contributed by atoms with Crippen molar-refractivity contribution < 1.29 is 14.5 Å². The molecule has 0 saturated carbocycles. The Morgan fingerprint density at radius 2 is 2.05 bits per heavy atom. The summed E-state index contributed by atoms with van der Waals surface area (Å²) < 4.78 is 5.60. The number of carbonyl (C=O) groups is 1. The average molecular weight is 295 g/mol. The Kier molecular flexibility index (Phi) is 6.61. The predicted octanol–water partition coefficient (Wildman–Crippen LogP) is 2.27. The number of amides is 1. The maximum Gasteiger partial charge on any atom is 0.273 e. The summed E-state index contributed by atoms with van der Waals surface area (Å²) in [5.74, 6) is 0.0593. The molecule has 1 rings (SSSR count). The summed E-state index contributed by atoms with van der Waals surface area (Å²) in [5, 5.41) is 13.4. The first-order chi connectivity index (χ1) is 9.97. The zero-order valence-electron chi connectivity index (χ0n) is 12.6. The zero-order chi connectivity index (χ0) is 15.8. The van der Waals surface area contributed by atoms with Crippen LogP contribution in [-0.4, -0.2) is 42.0 Å². The van der Waals surface area contributed by atoms with Gasteiger partial charge in [0.1, 0.15) is 12.4 Å². The Morgan fingerprint density at radius 1 is 1.38 bits per heavy atom. The Balaban J connectivity index is 2.82. The van der Waals surface area contributed by atoms with Crippen LogP contribution >= 0.6 is 0 Å². The van der Waals surface area contributed by atoms with Crippen LogP contribution in [0.5, 0.6) is 5.75 Å². The fraction of sp³-hybridized carbons (Fsp3) is 0.500. The van der Waals surface area contributed by atoms with E-state index in [4.69, 9.17) is 4.74 Å². The molecule has 0 bridgehead atoms. The molecule has 0 atom stereocenters. The van der Waals surface area contributed by atoms with Gasteiger partial charge in [0.2, 0.25) is 5.91 Å². The first kappa shape index (κ1) is 16.9. The highest BCUT2D eigenvalue weighted by Gasteiger charge is 2.13. The summed E-state index contributed by atoms with van der Waals surface area (Å²) in [6.07, 6.45) is 0. The van der Waals surface area contributed by atoms with Crippen LogP contribution in [0.2, 0.25) is 0 Å². The third kappa shape index (κ3) is 5.39. The first-order valence-corrected chi connectivity index (χ1v) is 6.89. The minimum Gasteiger partial charge on any atom is -0.490 e. The van der Waals surface area contributed by atoms with Crippen LogP contribution in [0.15, 0.2) is 18.2 Å². The Hall–Kier alpha value is -2.15. The number of rotatable bonds is 8. The maximum atomic E-state index is 11.2. The molecular formula is C14H21N3O4. The maximum absolute atomic E-state index is 11.2. The van der Waals surface area contributed by atoms with Crippen molar-refractivity contribution in [2.45, 2.75) is 20.8 Å². The first-order valence-electron chi connectivity index (χ1n) is 6.89. The number of nitro groups is 1. The lowest BCUT2D eigenvalue weighted by Gasteiger charge is -2.18. The lowest BCUT2D eigenvalue weighted by Crippen LogP contribution is -2.28. The fourth-order valence-corrected chi connectivity index (χ4v) is 1.86. The van der Waals surface area contributed by atoms with Crippen molar-refractivity contribution in [2.24, 2.45) is 0 Å². The topological polar surface area (TPSA) is 84.7 Å². The Morgan fingerprint density at radius 3 is 2.57 bits per heavy atom. The predicted molar refractivity (Wildman–Crippen MR) is 80.7 cm³/mol. The molecule has 0 aliphatic rings. The number of hydrogen-bond donors (Lipinski definition) is 1. The van der Waals surface area contributed by atoms with E-state index < -0.39 is 4.92 Å². The van der Waals surface area contributed by atoms with Gasteiger partial charge in [0.15, 0.2) is 0 Å². The molecule has 0 saturated heterocycles. The molecular weight excluding hydrogens is 274 g/mol. The molecule has 0 aliphatic heterocycles. The van der Waals surface area contributed by atoms with Crippen molar-refractivity contribution in [2.75, 3.05) is 31.6 Å². The molecule has 7 nitrogen and oxygen atoms in total. The van der Waals surface area contributed by atoms with Gasteiger partial charge < -0.3 is 15.0 Å². The minimum absolute atomic E-state index is 0.0676. The largest absolute Gasteiger partial charge is 0.490 e. The van der Waals surface area contributed by atoms with Gasteiger partial charge in [-0.2, -0.15) is 0 Å². The second-order valence-corrected chi connectivity index (χ2v) is 4.49. The zero-order valence-corrected chi connectivity index (χ0v) is 12.6. The molecule has 0 aliphatic carbocycles. The van der Waals surface area contributed by atoms with Crippen molar-refractivity contribution in [3.8, 4) is 5.75 Å². The standard InChI is InChI=1S/C14H21N3O4/c1-4-16(5-2)8-9-21-14-10-12(17(19)20)6-7-13(14)15-11(3)18/h6-7,10H,4-5,8-9H2,1-3H3,(H,15,18). The molecule has 7 heteroatoms. The third-order valence-electron chi connectivity index (χ3n) is 3.05. The number of nitro benzene ring substituents is 1. The highest BCUT2D eigenvalue weighted by molar-refractivity contribution is 5.90. The van der Waals surface area contributed by atoms with Gasteiger partial charge in [0.25, 0.3) is 5.69 Å². The molecule has 1 N–H and O–H groups in total. The number of hydrogen-bond acceptors (Lipinski definition) is 5. The summed E-state index contributed by atoms with van der Waals surface area (Å²) >= 11 is 0. The van der Waals surface area contributed by atoms with Crippen molar-refractivity contribution in [1.82, 2.24) is 4.90 Å². The summed E-state index contributed by atoms with van der Waals surface area (Å²) in [4.78, 5) is 23.7. The van der Waals surface area contributed by atoms with E-state index in [1.165, 1.54) is 25.1 Å². The second-order valence-electron chi connectivity index (χ2n) is 4.49. The Bertz CT molecular complexity index is 501. The van der Waals surface area contributed by atoms with E-state index >= 15 is 0 Å². The minimum atomic E-state index is -0.491. The van der Waals surface area contributed by atoms with Gasteiger partial charge in [0, 0.05) is 19.5 Å². The van der Waals surface area contributed by atoms with E-state index in [0.717, 1.165) is 19.6 Å². The van der Waals surface area contributed by atoms with Gasteiger partial charge in [-0.15, -0.1) is 0 Å². The number of non-ortho nitro benzene ring substituents is 1. The van der Waals surface area contributed by atoms with E-state index in [0.29, 0.717) is 18.0 Å². The summed E-state index contributed by atoms with van der Waals surface area (Å²) in [6, 6.07) is 4.14. The molecule has 0 radical (unpaired) electrons.